The molecule has 5 N–H and O–H groups in total. The molecule has 1 unspecified atom stereocenters. The van der Waals surface area contributed by atoms with E-state index in [1.807, 2.05) is 24.3 Å². The Kier molecular flexibility index (Phi) is 7.34. The van der Waals surface area contributed by atoms with E-state index in [1.54, 1.807) is 18.2 Å². The molecule has 174 valence electrons. The maximum atomic E-state index is 10.4. The van der Waals surface area contributed by atoms with Crippen LogP contribution >= 0.6 is 11.6 Å². The van der Waals surface area contributed by atoms with Crippen molar-refractivity contribution in [2.75, 3.05) is 13.2 Å². The van der Waals surface area contributed by atoms with Gasteiger partial charge in [0, 0.05) is 11.4 Å². The summed E-state index contributed by atoms with van der Waals surface area (Å²) in [6.07, 6.45) is -6.11. The van der Waals surface area contributed by atoms with E-state index in [-0.39, 0.29) is 6.10 Å². The molecule has 0 amide bonds. The van der Waals surface area contributed by atoms with Crippen molar-refractivity contribution in [1.82, 2.24) is 0 Å². The Hall–Kier alpha value is -1.75. The lowest BCUT2D eigenvalue weighted by atomic mass is 9.90. The first-order valence-corrected chi connectivity index (χ1v) is 10.9. The topological polar surface area (TPSA) is 129 Å². The summed E-state index contributed by atoms with van der Waals surface area (Å²) in [6.45, 7) is -0.133. The average molecular weight is 467 g/mol. The van der Waals surface area contributed by atoms with Crippen LogP contribution in [0.1, 0.15) is 29.2 Å². The molecule has 0 bridgehead atoms. The van der Waals surface area contributed by atoms with Gasteiger partial charge in [0.1, 0.15) is 42.4 Å². The van der Waals surface area contributed by atoms with Crippen molar-refractivity contribution < 1.29 is 39.7 Å². The molecule has 0 radical (unpaired) electrons. The first kappa shape index (κ1) is 23.4. The van der Waals surface area contributed by atoms with E-state index >= 15 is 0 Å². The van der Waals surface area contributed by atoms with Gasteiger partial charge in [-0.3, -0.25) is 0 Å². The van der Waals surface area contributed by atoms with Gasteiger partial charge in [-0.15, -0.1) is 0 Å². The Labute approximate surface area is 190 Å². The predicted octanol–water partition coefficient (Wildman–Crippen LogP) is 0.932. The van der Waals surface area contributed by atoms with Gasteiger partial charge in [-0.1, -0.05) is 35.9 Å². The van der Waals surface area contributed by atoms with Crippen LogP contribution < -0.4 is 4.74 Å². The Morgan fingerprint density at radius 3 is 2.38 bits per heavy atom. The smallest absolute Gasteiger partial charge is 0.158 e. The van der Waals surface area contributed by atoms with Crippen LogP contribution in [0.3, 0.4) is 0 Å². The summed E-state index contributed by atoms with van der Waals surface area (Å²) < 4.78 is 16.5. The van der Waals surface area contributed by atoms with Crippen LogP contribution in [0.4, 0.5) is 0 Å². The van der Waals surface area contributed by atoms with Crippen LogP contribution in [0.5, 0.6) is 5.75 Å². The van der Waals surface area contributed by atoms with E-state index in [0.29, 0.717) is 35.8 Å². The lowest BCUT2D eigenvalue weighted by molar-refractivity contribution is -0.231. The van der Waals surface area contributed by atoms with Gasteiger partial charge in [-0.05, 0) is 41.3 Å². The summed E-state index contributed by atoms with van der Waals surface area (Å²) in [5, 5.41) is 49.9. The van der Waals surface area contributed by atoms with Gasteiger partial charge in [-0.2, -0.15) is 0 Å². The molecular formula is C23H27ClO8. The number of aliphatic hydroxyl groups excluding tert-OH is 5. The van der Waals surface area contributed by atoms with Crippen molar-refractivity contribution in [3.63, 3.8) is 0 Å². The first-order chi connectivity index (χ1) is 15.4. The van der Waals surface area contributed by atoms with Crippen LogP contribution in [-0.2, 0) is 15.9 Å². The second-order valence-electron chi connectivity index (χ2n) is 8.18. The summed E-state index contributed by atoms with van der Waals surface area (Å²) in [5.41, 5.74) is 2.36. The Balaban J connectivity index is 1.47. The molecule has 4 rings (SSSR count). The summed E-state index contributed by atoms with van der Waals surface area (Å²) >= 11 is 6.39. The zero-order valence-corrected chi connectivity index (χ0v) is 18.0. The minimum atomic E-state index is -1.44. The second kappa shape index (κ2) is 10.0. The highest BCUT2D eigenvalue weighted by atomic mass is 35.5. The third-order valence-electron chi connectivity index (χ3n) is 5.85. The molecule has 2 fully saturated rings. The van der Waals surface area contributed by atoms with E-state index in [4.69, 9.17) is 25.8 Å². The van der Waals surface area contributed by atoms with Crippen molar-refractivity contribution >= 4 is 11.6 Å². The molecular weight excluding hydrogens is 440 g/mol. The molecule has 32 heavy (non-hydrogen) atoms. The number of rotatable bonds is 6. The zero-order valence-electron chi connectivity index (χ0n) is 17.3. The van der Waals surface area contributed by atoms with E-state index in [9.17, 15) is 25.5 Å². The lowest BCUT2D eigenvalue weighted by Crippen LogP contribution is -2.55. The van der Waals surface area contributed by atoms with Gasteiger partial charge in [0.2, 0.25) is 0 Å². The molecule has 7 atom stereocenters. The maximum Gasteiger partial charge on any atom is 0.158 e. The molecule has 0 aliphatic carbocycles. The third-order valence-corrected chi connectivity index (χ3v) is 6.22. The van der Waals surface area contributed by atoms with E-state index in [0.717, 1.165) is 11.1 Å². The molecule has 2 aromatic rings. The fraction of sp³-hybridized carbons (Fsp3) is 0.478. The number of aliphatic hydroxyl groups is 5. The lowest BCUT2D eigenvalue weighted by Gasteiger charge is -2.40. The van der Waals surface area contributed by atoms with Crippen LogP contribution in [0.25, 0.3) is 0 Å². The molecule has 0 aromatic heterocycles. The predicted molar refractivity (Wildman–Crippen MR) is 114 cm³/mol. The highest BCUT2D eigenvalue weighted by Gasteiger charge is 2.44. The quantitative estimate of drug-likeness (QED) is 0.425. The second-order valence-corrected chi connectivity index (χ2v) is 8.59. The first-order valence-electron chi connectivity index (χ1n) is 10.5. The number of halogens is 1. The molecule has 2 aromatic carbocycles. The molecule has 0 saturated carbocycles. The van der Waals surface area contributed by atoms with Crippen LogP contribution in [-0.4, -0.2) is 75.6 Å². The Morgan fingerprint density at radius 2 is 1.72 bits per heavy atom. The monoisotopic (exact) mass is 466 g/mol. The molecule has 2 aliphatic heterocycles. The molecule has 0 spiro atoms. The zero-order chi connectivity index (χ0) is 22.8. The maximum absolute atomic E-state index is 10.4. The molecule has 2 aliphatic rings. The van der Waals surface area contributed by atoms with Crippen molar-refractivity contribution in [3.05, 3.63) is 64.2 Å². The summed E-state index contributed by atoms with van der Waals surface area (Å²) in [5.74, 6) is 0.678. The fourth-order valence-electron chi connectivity index (χ4n) is 4.04. The third kappa shape index (κ3) is 5.08. The van der Waals surface area contributed by atoms with Crippen molar-refractivity contribution in [2.45, 2.75) is 55.8 Å². The summed E-state index contributed by atoms with van der Waals surface area (Å²) in [6, 6.07) is 12.7. The standard InChI is InChI=1S/C23H27ClO8/c24-17-6-3-13(23-22(29)21(28)20(27)18(10-25)32-23)8-14(17)7-12-1-4-15(5-2-12)31-16-9-19(26)30-11-16/h1-6,8,16,18-23,25-29H,7,9-11H2/t16-,18+,19?,20+,21-,22+,23-/m0/s1. The fourth-order valence-corrected chi connectivity index (χ4v) is 4.23. The number of benzene rings is 2. The van der Waals surface area contributed by atoms with E-state index in [2.05, 4.69) is 0 Å². The number of ether oxygens (including phenoxy) is 3. The minimum Gasteiger partial charge on any atom is -0.488 e. The van der Waals surface area contributed by atoms with Crippen molar-refractivity contribution in [1.29, 1.82) is 0 Å². The van der Waals surface area contributed by atoms with Gasteiger partial charge >= 0.3 is 0 Å². The van der Waals surface area contributed by atoms with E-state index < -0.39 is 43.4 Å². The largest absolute Gasteiger partial charge is 0.488 e. The van der Waals surface area contributed by atoms with Crippen LogP contribution in [0, 0.1) is 0 Å². The Morgan fingerprint density at radius 1 is 0.969 bits per heavy atom. The van der Waals surface area contributed by atoms with Crippen LogP contribution in [0.15, 0.2) is 42.5 Å². The highest BCUT2D eigenvalue weighted by molar-refractivity contribution is 6.31. The van der Waals surface area contributed by atoms with Gasteiger partial charge in [-0.25, -0.2) is 0 Å². The highest BCUT2D eigenvalue weighted by Crippen LogP contribution is 2.34. The molecule has 2 heterocycles. The average Bonchev–Trinajstić information content (AvgIpc) is 3.20. The summed E-state index contributed by atoms with van der Waals surface area (Å²) in [7, 11) is 0. The van der Waals surface area contributed by atoms with Gasteiger partial charge in [0.05, 0.1) is 13.2 Å². The minimum absolute atomic E-state index is 0.180. The van der Waals surface area contributed by atoms with Gasteiger partial charge in [0.15, 0.2) is 6.29 Å². The number of hydrogen-bond acceptors (Lipinski definition) is 8. The van der Waals surface area contributed by atoms with Crippen molar-refractivity contribution in [3.8, 4) is 5.75 Å². The van der Waals surface area contributed by atoms with Crippen LogP contribution in [0.2, 0.25) is 5.02 Å². The Bertz CT molecular complexity index is 905. The molecule has 9 heteroatoms. The van der Waals surface area contributed by atoms with E-state index in [1.165, 1.54) is 0 Å². The number of hydrogen-bond donors (Lipinski definition) is 5. The summed E-state index contributed by atoms with van der Waals surface area (Å²) in [4.78, 5) is 0. The normalized spacial score (nSPS) is 32.8. The van der Waals surface area contributed by atoms with Crippen molar-refractivity contribution in [2.24, 2.45) is 0 Å². The SMILES string of the molecule is OC[C@H]1O[C@@H](c2ccc(Cl)c(Cc3ccc(O[C@@H]4COC(O)C4)cc3)c2)[C@H](O)[C@@H](O)[C@@H]1O. The van der Waals surface area contributed by atoms with Gasteiger partial charge < -0.3 is 39.7 Å². The molecule has 2 saturated heterocycles. The molecule has 8 nitrogen and oxygen atoms in total. The van der Waals surface area contributed by atoms with Gasteiger partial charge in [0.25, 0.3) is 0 Å².